The van der Waals surface area contributed by atoms with Gasteiger partial charge in [0.25, 0.3) is 0 Å². The Labute approximate surface area is 180 Å². The molecule has 142 valence electrons. The Kier molecular flexibility index (Phi) is 5.73. The predicted octanol–water partition coefficient (Wildman–Crippen LogP) is 7.06. The third kappa shape index (κ3) is 3.94. The lowest BCUT2D eigenvalue weighted by Crippen LogP contribution is -2.32. The van der Waals surface area contributed by atoms with Crippen LogP contribution in [0, 0.1) is 0 Å². The molecule has 4 aromatic rings. The quantitative estimate of drug-likeness (QED) is 0.231. The molecule has 2 heteroatoms. The SMILES string of the molecule is O=C(CC(c1ccccc1)(c1ccccc1)c1ccccc1)c1ccc(Br)cc1. The van der Waals surface area contributed by atoms with Gasteiger partial charge in [0.15, 0.2) is 5.78 Å². The highest BCUT2D eigenvalue weighted by Crippen LogP contribution is 2.43. The molecule has 0 saturated heterocycles. The van der Waals surface area contributed by atoms with Gasteiger partial charge in [-0.15, -0.1) is 0 Å². The van der Waals surface area contributed by atoms with Gasteiger partial charge in [-0.1, -0.05) is 119 Å². The number of hydrogen-bond acceptors (Lipinski definition) is 1. The minimum Gasteiger partial charge on any atom is -0.294 e. The Hall–Kier alpha value is -2.97. The van der Waals surface area contributed by atoms with Crippen molar-refractivity contribution in [2.75, 3.05) is 0 Å². The van der Waals surface area contributed by atoms with Gasteiger partial charge in [0.1, 0.15) is 0 Å². The smallest absolute Gasteiger partial charge is 0.164 e. The van der Waals surface area contributed by atoms with Crippen LogP contribution in [0.4, 0.5) is 0 Å². The third-order valence-electron chi connectivity index (χ3n) is 5.39. The second kappa shape index (κ2) is 8.59. The van der Waals surface area contributed by atoms with Crippen molar-refractivity contribution < 1.29 is 4.79 Å². The van der Waals surface area contributed by atoms with Crippen LogP contribution in [-0.2, 0) is 5.41 Å². The normalized spacial score (nSPS) is 11.2. The lowest BCUT2D eigenvalue weighted by Gasteiger charge is -2.35. The molecule has 0 bridgehead atoms. The van der Waals surface area contributed by atoms with Crippen LogP contribution in [0.2, 0.25) is 0 Å². The van der Waals surface area contributed by atoms with E-state index in [-0.39, 0.29) is 5.78 Å². The van der Waals surface area contributed by atoms with E-state index < -0.39 is 5.41 Å². The minimum absolute atomic E-state index is 0.119. The molecule has 0 aliphatic rings. The first-order chi connectivity index (χ1) is 14.2. The van der Waals surface area contributed by atoms with Crippen molar-refractivity contribution in [2.45, 2.75) is 11.8 Å². The molecule has 1 nitrogen and oxygen atoms in total. The van der Waals surface area contributed by atoms with Crippen molar-refractivity contribution in [1.29, 1.82) is 0 Å². The molecule has 0 amide bonds. The number of ketones is 1. The molecule has 0 saturated carbocycles. The maximum atomic E-state index is 13.5. The van der Waals surface area contributed by atoms with E-state index in [0.29, 0.717) is 6.42 Å². The van der Waals surface area contributed by atoms with E-state index in [1.807, 2.05) is 78.9 Å². The number of rotatable bonds is 6. The Balaban J connectivity index is 1.92. The zero-order valence-corrected chi connectivity index (χ0v) is 17.5. The molecule has 0 N–H and O–H groups in total. The topological polar surface area (TPSA) is 17.1 Å². The van der Waals surface area contributed by atoms with Crippen molar-refractivity contribution in [1.82, 2.24) is 0 Å². The van der Waals surface area contributed by atoms with Crippen LogP contribution >= 0.6 is 15.9 Å². The molecular formula is C27H21BrO. The predicted molar refractivity (Wildman–Crippen MR) is 122 cm³/mol. The standard InChI is InChI=1S/C27H21BrO/c28-25-18-16-21(17-19-25)26(29)20-27(22-10-4-1-5-11-22,23-12-6-2-7-13-23)24-14-8-3-9-15-24/h1-19H,20H2. The molecule has 0 unspecified atom stereocenters. The summed E-state index contributed by atoms with van der Waals surface area (Å²) in [4.78, 5) is 13.5. The summed E-state index contributed by atoms with van der Waals surface area (Å²) in [5.74, 6) is 0.119. The second-order valence-electron chi connectivity index (χ2n) is 7.11. The van der Waals surface area contributed by atoms with Crippen LogP contribution < -0.4 is 0 Å². The number of benzene rings is 4. The molecular weight excluding hydrogens is 420 g/mol. The highest BCUT2D eigenvalue weighted by molar-refractivity contribution is 9.10. The summed E-state index contributed by atoms with van der Waals surface area (Å²) < 4.78 is 0.967. The molecule has 0 fully saturated rings. The third-order valence-corrected chi connectivity index (χ3v) is 5.92. The van der Waals surface area contributed by atoms with E-state index in [0.717, 1.165) is 26.7 Å². The average molecular weight is 441 g/mol. The minimum atomic E-state index is -0.562. The van der Waals surface area contributed by atoms with Crippen LogP contribution in [0.3, 0.4) is 0 Å². The summed E-state index contributed by atoms with van der Waals surface area (Å²) in [5, 5.41) is 0. The van der Waals surface area contributed by atoms with E-state index in [1.165, 1.54) is 0 Å². The van der Waals surface area contributed by atoms with Crippen LogP contribution in [0.25, 0.3) is 0 Å². The molecule has 0 spiro atoms. The molecule has 0 aromatic heterocycles. The van der Waals surface area contributed by atoms with Crippen LogP contribution in [0.5, 0.6) is 0 Å². The van der Waals surface area contributed by atoms with E-state index in [4.69, 9.17) is 0 Å². The van der Waals surface area contributed by atoms with E-state index in [1.54, 1.807) is 0 Å². The van der Waals surface area contributed by atoms with Gasteiger partial charge in [0, 0.05) is 16.5 Å². The van der Waals surface area contributed by atoms with Crippen LogP contribution in [-0.4, -0.2) is 5.78 Å². The van der Waals surface area contributed by atoms with Crippen molar-refractivity contribution in [3.05, 3.63) is 142 Å². The monoisotopic (exact) mass is 440 g/mol. The summed E-state index contributed by atoms with van der Waals surface area (Å²) in [6.45, 7) is 0. The first-order valence-corrected chi connectivity index (χ1v) is 10.4. The molecule has 0 atom stereocenters. The van der Waals surface area contributed by atoms with Crippen molar-refractivity contribution >= 4 is 21.7 Å². The van der Waals surface area contributed by atoms with Gasteiger partial charge in [0.05, 0.1) is 5.41 Å². The molecule has 0 aliphatic carbocycles. The molecule has 0 radical (unpaired) electrons. The van der Waals surface area contributed by atoms with Crippen LogP contribution in [0.1, 0.15) is 33.5 Å². The average Bonchev–Trinajstić information content (AvgIpc) is 2.79. The van der Waals surface area contributed by atoms with E-state index in [9.17, 15) is 4.79 Å². The number of hydrogen-bond donors (Lipinski definition) is 0. The Morgan fingerprint density at radius 1 is 0.586 bits per heavy atom. The Morgan fingerprint density at radius 2 is 0.966 bits per heavy atom. The van der Waals surface area contributed by atoms with Gasteiger partial charge in [-0.25, -0.2) is 0 Å². The van der Waals surface area contributed by atoms with Crippen molar-refractivity contribution in [3.63, 3.8) is 0 Å². The van der Waals surface area contributed by atoms with Gasteiger partial charge in [0.2, 0.25) is 0 Å². The van der Waals surface area contributed by atoms with E-state index >= 15 is 0 Å². The van der Waals surface area contributed by atoms with Gasteiger partial charge >= 0.3 is 0 Å². The zero-order valence-electron chi connectivity index (χ0n) is 16.0. The van der Waals surface area contributed by atoms with Crippen LogP contribution in [0.15, 0.2) is 120 Å². The van der Waals surface area contributed by atoms with Crippen molar-refractivity contribution in [3.8, 4) is 0 Å². The first-order valence-electron chi connectivity index (χ1n) is 9.65. The Bertz CT molecular complexity index is 975. The highest BCUT2D eigenvalue weighted by atomic mass is 79.9. The van der Waals surface area contributed by atoms with Crippen molar-refractivity contribution in [2.24, 2.45) is 0 Å². The number of Topliss-reactive ketones (excluding diaryl/α,β-unsaturated/α-hetero) is 1. The number of carbonyl (C=O) groups excluding carboxylic acids is 1. The fourth-order valence-corrected chi connectivity index (χ4v) is 4.22. The lowest BCUT2D eigenvalue weighted by atomic mass is 9.66. The number of halogens is 1. The molecule has 0 heterocycles. The van der Waals surface area contributed by atoms with E-state index in [2.05, 4.69) is 52.3 Å². The summed E-state index contributed by atoms with van der Waals surface area (Å²) in [5.41, 5.74) is 3.50. The lowest BCUT2D eigenvalue weighted by molar-refractivity contribution is 0.0966. The fourth-order valence-electron chi connectivity index (χ4n) is 3.95. The van der Waals surface area contributed by atoms with Gasteiger partial charge < -0.3 is 0 Å². The van der Waals surface area contributed by atoms with Gasteiger partial charge in [-0.3, -0.25) is 4.79 Å². The summed E-state index contributed by atoms with van der Waals surface area (Å²) in [6, 6.07) is 38.6. The number of carbonyl (C=O) groups is 1. The largest absolute Gasteiger partial charge is 0.294 e. The molecule has 0 aliphatic heterocycles. The maximum absolute atomic E-state index is 13.5. The summed E-state index contributed by atoms with van der Waals surface area (Å²) in [6.07, 6.45) is 0.354. The molecule has 4 aromatic carbocycles. The molecule has 4 rings (SSSR count). The van der Waals surface area contributed by atoms with Gasteiger partial charge in [-0.2, -0.15) is 0 Å². The summed E-state index contributed by atoms with van der Waals surface area (Å²) in [7, 11) is 0. The maximum Gasteiger partial charge on any atom is 0.164 e. The fraction of sp³-hybridized carbons (Fsp3) is 0.0741. The van der Waals surface area contributed by atoms with Gasteiger partial charge in [-0.05, 0) is 28.8 Å². The second-order valence-corrected chi connectivity index (χ2v) is 8.03. The first kappa shape index (κ1) is 19.4. The Morgan fingerprint density at radius 3 is 1.34 bits per heavy atom. The summed E-state index contributed by atoms with van der Waals surface area (Å²) >= 11 is 3.45. The zero-order chi connectivity index (χ0) is 20.1. The molecule has 29 heavy (non-hydrogen) atoms. The highest BCUT2D eigenvalue weighted by Gasteiger charge is 2.38.